The Hall–Kier alpha value is -3.52. The van der Waals surface area contributed by atoms with Crippen LogP contribution in [0.4, 0.5) is 23.5 Å². The Bertz CT molecular complexity index is 1470. The molecule has 2 aliphatic heterocycles. The second kappa shape index (κ2) is 9.34. The van der Waals surface area contributed by atoms with Crippen molar-refractivity contribution in [3.8, 4) is 17.0 Å². The molecule has 38 heavy (non-hydrogen) atoms. The minimum absolute atomic E-state index is 0.0186. The summed E-state index contributed by atoms with van der Waals surface area (Å²) in [6.07, 6.45) is -0.716. The standard InChI is InChI=1S/C24H26F4N8O2/c1-13(21(25)26)36-18-9-14(3-4-17(18)31-33-36)16-5-8-35-20(16)22(37-2)30-23(32-35)29-19-6-7-34(12-24(19,27)28)15-10-38-11-15/h3-5,8-9,13,15,19,21H,6-7,10-12H2,1-2H3,(H,29,32)/t13-,19-/m1/s1. The highest BCUT2D eigenvalue weighted by Crippen LogP contribution is 2.35. The van der Waals surface area contributed by atoms with E-state index >= 15 is 0 Å². The number of ether oxygens (including phenoxy) is 2. The number of methoxy groups -OCH3 is 1. The van der Waals surface area contributed by atoms with E-state index in [0.29, 0.717) is 47.4 Å². The molecule has 6 rings (SSSR count). The molecule has 14 heteroatoms. The van der Waals surface area contributed by atoms with Crippen LogP contribution in [-0.4, -0.2) is 92.3 Å². The van der Waals surface area contributed by atoms with Gasteiger partial charge in [0.15, 0.2) is 0 Å². The van der Waals surface area contributed by atoms with Gasteiger partial charge in [-0.1, -0.05) is 11.3 Å². The molecule has 3 aromatic heterocycles. The number of benzene rings is 1. The number of piperidine rings is 1. The van der Waals surface area contributed by atoms with Crippen LogP contribution < -0.4 is 10.1 Å². The quantitative estimate of drug-likeness (QED) is 0.360. The third-order valence-corrected chi connectivity index (χ3v) is 7.27. The van der Waals surface area contributed by atoms with Gasteiger partial charge >= 0.3 is 0 Å². The van der Waals surface area contributed by atoms with Crippen molar-refractivity contribution in [3.63, 3.8) is 0 Å². The van der Waals surface area contributed by atoms with Crippen molar-refractivity contribution in [2.24, 2.45) is 0 Å². The van der Waals surface area contributed by atoms with Crippen molar-refractivity contribution < 1.29 is 27.0 Å². The van der Waals surface area contributed by atoms with Crippen LogP contribution in [0.15, 0.2) is 30.5 Å². The van der Waals surface area contributed by atoms with Gasteiger partial charge in [0.25, 0.3) is 12.3 Å². The van der Waals surface area contributed by atoms with Crippen LogP contribution in [0.5, 0.6) is 5.88 Å². The summed E-state index contributed by atoms with van der Waals surface area (Å²) in [5, 5.41) is 15.1. The predicted octanol–water partition coefficient (Wildman–Crippen LogP) is 3.50. The molecular formula is C24H26F4N8O2. The highest BCUT2D eigenvalue weighted by atomic mass is 19.3. The van der Waals surface area contributed by atoms with E-state index in [9.17, 15) is 17.6 Å². The predicted molar refractivity (Wildman–Crippen MR) is 130 cm³/mol. The third-order valence-electron chi connectivity index (χ3n) is 7.27. The van der Waals surface area contributed by atoms with E-state index in [2.05, 4.69) is 25.7 Å². The fourth-order valence-electron chi connectivity index (χ4n) is 4.99. The van der Waals surface area contributed by atoms with Crippen molar-refractivity contribution in [1.29, 1.82) is 0 Å². The van der Waals surface area contributed by atoms with Crippen molar-refractivity contribution in [2.75, 3.05) is 38.7 Å². The first-order chi connectivity index (χ1) is 18.2. The number of anilines is 1. The van der Waals surface area contributed by atoms with Gasteiger partial charge in [-0.15, -0.1) is 10.2 Å². The molecule has 10 nitrogen and oxygen atoms in total. The zero-order valence-corrected chi connectivity index (χ0v) is 20.7. The van der Waals surface area contributed by atoms with E-state index in [-0.39, 0.29) is 30.8 Å². The Kier molecular flexibility index (Phi) is 6.10. The van der Waals surface area contributed by atoms with Crippen molar-refractivity contribution in [2.45, 2.75) is 43.8 Å². The average molecular weight is 535 g/mol. The Morgan fingerprint density at radius 2 is 2.03 bits per heavy atom. The van der Waals surface area contributed by atoms with Gasteiger partial charge in [0, 0.05) is 18.3 Å². The van der Waals surface area contributed by atoms with Gasteiger partial charge in [-0.05, 0) is 37.1 Å². The smallest absolute Gasteiger partial charge is 0.280 e. The Morgan fingerprint density at radius 1 is 1.21 bits per heavy atom. The molecule has 1 N–H and O–H groups in total. The summed E-state index contributed by atoms with van der Waals surface area (Å²) >= 11 is 0. The van der Waals surface area contributed by atoms with Gasteiger partial charge in [0.1, 0.15) is 17.1 Å². The van der Waals surface area contributed by atoms with E-state index in [1.807, 2.05) is 0 Å². The second-order valence-corrected chi connectivity index (χ2v) is 9.69. The van der Waals surface area contributed by atoms with Gasteiger partial charge in [-0.25, -0.2) is 26.8 Å². The number of fused-ring (bicyclic) bond motifs is 2. The number of hydrogen-bond donors (Lipinski definition) is 1. The number of hydrogen-bond acceptors (Lipinski definition) is 8. The molecule has 4 aromatic rings. The van der Waals surface area contributed by atoms with E-state index in [4.69, 9.17) is 9.47 Å². The topological polar surface area (TPSA) is 94.6 Å². The number of aromatic nitrogens is 6. The maximum atomic E-state index is 15.0. The summed E-state index contributed by atoms with van der Waals surface area (Å²) in [5.74, 6) is -2.78. The Morgan fingerprint density at radius 3 is 2.71 bits per heavy atom. The molecule has 5 heterocycles. The number of rotatable bonds is 7. The summed E-state index contributed by atoms with van der Waals surface area (Å²) in [6, 6.07) is 4.73. The third kappa shape index (κ3) is 4.21. The molecule has 0 radical (unpaired) electrons. The molecule has 0 unspecified atom stereocenters. The van der Waals surface area contributed by atoms with Gasteiger partial charge in [0.05, 0.1) is 44.5 Å². The lowest BCUT2D eigenvalue weighted by Gasteiger charge is -2.44. The highest BCUT2D eigenvalue weighted by Gasteiger charge is 2.47. The van der Waals surface area contributed by atoms with Crippen LogP contribution in [0.25, 0.3) is 27.7 Å². The van der Waals surface area contributed by atoms with Crippen molar-refractivity contribution in [1.82, 2.24) is 34.5 Å². The monoisotopic (exact) mass is 534 g/mol. The Labute approximate surface area is 214 Å². The van der Waals surface area contributed by atoms with E-state index in [1.165, 1.54) is 23.2 Å². The van der Waals surface area contributed by atoms with Crippen LogP contribution in [0, 0.1) is 0 Å². The lowest BCUT2D eigenvalue weighted by atomic mass is 9.98. The van der Waals surface area contributed by atoms with Crippen LogP contribution in [0.2, 0.25) is 0 Å². The molecule has 2 saturated heterocycles. The van der Waals surface area contributed by atoms with Gasteiger partial charge in [-0.3, -0.25) is 4.90 Å². The maximum Gasteiger partial charge on any atom is 0.280 e. The Balaban J connectivity index is 1.31. The number of halogens is 4. The highest BCUT2D eigenvalue weighted by molar-refractivity contribution is 5.89. The molecule has 2 fully saturated rings. The van der Waals surface area contributed by atoms with Crippen molar-refractivity contribution in [3.05, 3.63) is 30.5 Å². The largest absolute Gasteiger partial charge is 0.479 e. The average Bonchev–Trinajstić information content (AvgIpc) is 3.47. The molecule has 0 bridgehead atoms. The van der Waals surface area contributed by atoms with Crippen LogP contribution >= 0.6 is 0 Å². The second-order valence-electron chi connectivity index (χ2n) is 9.69. The summed E-state index contributed by atoms with van der Waals surface area (Å²) in [4.78, 5) is 6.15. The molecule has 2 aliphatic rings. The van der Waals surface area contributed by atoms with Crippen LogP contribution in [-0.2, 0) is 4.74 Å². The summed E-state index contributed by atoms with van der Waals surface area (Å²) in [6.45, 7) is 2.51. The minimum atomic E-state index is -2.98. The number of nitrogens with zero attached hydrogens (tertiary/aromatic N) is 7. The number of alkyl halides is 4. The zero-order chi connectivity index (χ0) is 26.6. The maximum absolute atomic E-state index is 15.0. The fraction of sp³-hybridized carbons (Fsp3) is 0.500. The first-order valence-corrected chi connectivity index (χ1v) is 12.3. The normalized spacial score (nSPS) is 21.2. The molecule has 2 atom stereocenters. The van der Waals surface area contributed by atoms with Crippen molar-refractivity contribution >= 4 is 22.5 Å². The summed E-state index contributed by atoms with van der Waals surface area (Å²) in [5.41, 5.74) is 2.80. The minimum Gasteiger partial charge on any atom is -0.479 e. The van der Waals surface area contributed by atoms with Gasteiger partial charge < -0.3 is 14.8 Å². The number of likely N-dealkylation sites (tertiary alicyclic amines) is 1. The van der Waals surface area contributed by atoms with Crippen LogP contribution in [0.1, 0.15) is 19.4 Å². The van der Waals surface area contributed by atoms with E-state index in [1.54, 1.807) is 35.4 Å². The number of nitrogens with one attached hydrogen (secondary N) is 1. The summed E-state index contributed by atoms with van der Waals surface area (Å²) in [7, 11) is 1.43. The molecule has 1 aromatic carbocycles. The van der Waals surface area contributed by atoms with E-state index < -0.39 is 24.4 Å². The molecule has 0 aliphatic carbocycles. The summed E-state index contributed by atoms with van der Waals surface area (Å²) < 4.78 is 70.0. The molecule has 0 spiro atoms. The molecule has 202 valence electrons. The lowest BCUT2D eigenvalue weighted by molar-refractivity contribution is -0.131. The van der Waals surface area contributed by atoms with Gasteiger partial charge in [-0.2, -0.15) is 4.98 Å². The zero-order valence-electron chi connectivity index (χ0n) is 20.7. The SMILES string of the molecule is COc1nc(N[C@@H]2CCN(C3COC3)CC2(F)F)nn2ccc(-c3ccc4nnn([C@H](C)C(F)F)c4c3)c12. The first kappa shape index (κ1) is 24.8. The lowest BCUT2D eigenvalue weighted by Crippen LogP contribution is -2.61. The first-order valence-electron chi connectivity index (χ1n) is 12.3. The van der Waals surface area contributed by atoms with Crippen LogP contribution in [0.3, 0.4) is 0 Å². The molecule has 0 amide bonds. The van der Waals surface area contributed by atoms with E-state index in [0.717, 1.165) is 0 Å². The fourth-order valence-corrected chi connectivity index (χ4v) is 4.99. The molecular weight excluding hydrogens is 508 g/mol. The van der Waals surface area contributed by atoms with Gasteiger partial charge in [0.2, 0.25) is 11.8 Å². The molecule has 0 saturated carbocycles.